The van der Waals surface area contributed by atoms with Crippen molar-refractivity contribution < 1.29 is 4.79 Å². The molecule has 2 rings (SSSR count). The molecule has 5 heteroatoms. The van der Waals surface area contributed by atoms with Crippen LogP contribution in [0, 0.1) is 0 Å². The van der Waals surface area contributed by atoms with Gasteiger partial charge in [-0.2, -0.15) is 0 Å². The molecule has 128 valence electrons. The summed E-state index contributed by atoms with van der Waals surface area (Å²) in [6, 6.07) is 15.5. The number of nitrogens with one attached hydrogen (secondary N) is 2. The van der Waals surface area contributed by atoms with Crippen LogP contribution in [-0.4, -0.2) is 48.3 Å². The van der Waals surface area contributed by atoms with Gasteiger partial charge in [0, 0.05) is 35.6 Å². The van der Waals surface area contributed by atoms with Crippen molar-refractivity contribution in [3.8, 4) is 0 Å². The average molecular weight is 328 g/mol. The first kappa shape index (κ1) is 18.0. The summed E-state index contributed by atoms with van der Waals surface area (Å²) in [5.74, 6) is 0. The minimum atomic E-state index is -0.244. The number of nitrogens with zero attached hydrogens (tertiary/aromatic N) is 2. The van der Waals surface area contributed by atoms with Gasteiger partial charge in [-0.05, 0) is 24.3 Å². The second-order valence-corrected chi connectivity index (χ2v) is 7.70. The maximum atomic E-state index is 12.1. The van der Waals surface area contributed by atoms with Crippen LogP contribution in [0.15, 0.2) is 48.5 Å². The third kappa shape index (κ3) is 4.81. The molecule has 5 nitrogen and oxygen atoms in total. The van der Waals surface area contributed by atoms with E-state index in [-0.39, 0.29) is 6.03 Å². The summed E-state index contributed by atoms with van der Waals surface area (Å²) in [6.45, 7) is 0. The number of benzene rings is 2. The predicted octanol–water partition coefficient (Wildman–Crippen LogP) is 3.72. The van der Waals surface area contributed by atoms with Crippen molar-refractivity contribution in [3.63, 3.8) is 0 Å². The molecule has 2 amide bonds. The van der Waals surface area contributed by atoms with Gasteiger partial charge in [-0.25, -0.2) is 4.79 Å². The molecule has 2 N–H and O–H groups in total. The van der Waals surface area contributed by atoms with Crippen molar-refractivity contribution in [1.82, 2.24) is 8.97 Å². The van der Waals surface area contributed by atoms with E-state index in [1.54, 1.807) is 0 Å². The Bertz CT molecular complexity index is 631. The Labute approximate surface area is 144 Å². The van der Waals surface area contributed by atoms with E-state index in [1.807, 2.05) is 48.5 Å². The lowest BCUT2D eigenvalue weighted by Crippen LogP contribution is -2.34. The van der Waals surface area contributed by atoms with E-state index in [4.69, 9.17) is 0 Å². The Morgan fingerprint density at radius 3 is 1.17 bits per heavy atom. The van der Waals surface area contributed by atoms with Crippen LogP contribution in [0.25, 0.3) is 0 Å². The van der Waals surface area contributed by atoms with Crippen LogP contribution in [-0.2, 0) is 0 Å². The fourth-order valence-corrected chi connectivity index (χ4v) is 2.28. The van der Waals surface area contributed by atoms with Crippen LogP contribution in [0.4, 0.5) is 27.5 Å². The minimum absolute atomic E-state index is 0.244. The molecule has 0 aliphatic rings. The Kier molecular flexibility index (Phi) is 4.96. The van der Waals surface area contributed by atoms with Gasteiger partial charge in [0.15, 0.2) is 0 Å². The third-order valence-electron chi connectivity index (χ3n) is 3.80. The van der Waals surface area contributed by atoms with Gasteiger partial charge in [0.1, 0.15) is 11.4 Å². The van der Waals surface area contributed by atoms with E-state index >= 15 is 0 Å². The first-order valence-electron chi connectivity index (χ1n) is 7.98. The summed E-state index contributed by atoms with van der Waals surface area (Å²) in [7, 11) is 12.6. The Balaban J connectivity index is 1.98. The molecule has 0 bridgehead atoms. The van der Waals surface area contributed by atoms with Crippen molar-refractivity contribution in [2.75, 3.05) is 52.9 Å². The van der Waals surface area contributed by atoms with E-state index in [9.17, 15) is 4.79 Å². The highest BCUT2D eigenvalue weighted by molar-refractivity contribution is 5.99. The molecule has 0 saturated heterocycles. The molecule has 0 heterocycles. The van der Waals surface area contributed by atoms with Crippen molar-refractivity contribution in [2.45, 2.75) is 0 Å². The molecule has 0 unspecified atom stereocenters. The van der Waals surface area contributed by atoms with Gasteiger partial charge >= 0.3 is 6.03 Å². The molecule has 0 aliphatic heterocycles. The monoisotopic (exact) mass is 328 g/mol. The van der Waals surface area contributed by atoms with E-state index in [0.717, 1.165) is 20.3 Å². The lowest BCUT2D eigenvalue weighted by atomic mass is 10.2. The Morgan fingerprint density at radius 1 is 0.625 bits per heavy atom. The molecule has 0 aliphatic carbocycles. The summed E-state index contributed by atoms with van der Waals surface area (Å²) >= 11 is 0. The van der Waals surface area contributed by atoms with Crippen LogP contribution in [0.2, 0.25) is 0 Å². The van der Waals surface area contributed by atoms with Crippen molar-refractivity contribution in [3.05, 3.63) is 48.5 Å². The molecular formula is C19H28N4O+2. The Morgan fingerprint density at radius 2 is 0.917 bits per heavy atom. The van der Waals surface area contributed by atoms with Gasteiger partial charge in [-0.3, -0.25) is 8.97 Å². The SMILES string of the molecule is C[N+](C)(C)c1ccc(NC(=O)Nc2ccc([N+](C)(C)C)cc2)cc1. The summed E-state index contributed by atoms with van der Waals surface area (Å²) < 4.78 is 1.48. The molecule has 0 fully saturated rings. The van der Waals surface area contributed by atoms with Crippen molar-refractivity contribution in [2.24, 2.45) is 0 Å². The molecule has 24 heavy (non-hydrogen) atoms. The van der Waals surface area contributed by atoms with E-state index in [1.165, 1.54) is 11.4 Å². The maximum Gasteiger partial charge on any atom is 0.323 e. The number of carbonyl (C=O) groups excluding carboxylic acids is 1. The number of urea groups is 1. The largest absolute Gasteiger partial charge is 0.323 e. The Hall–Kier alpha value is -2.37. The van der Waals surface area contributed by atoms with Crippen LogP contribution < -0.4 is 19.6 Å². The molecule has 0 aromatic heterocycles. The highest BCUT2D eigenvalue weighted by Crippen LogP contribution is 2.21. The van der Waals surface area contributed by atoms with Crippen LogP contribution >= 0.6 is 0 Å². The molecule has 2 aromatic rings. The second kappa shape index (κ2) is 6.63. The quantitative estimate of drug-likeness (QED) is 0.825. The lowest BCUT2D eigenvalue weighted by molar-refractivity contribution is 0.262. The standard InChI is InChI=1S/C19H27N4O/c1-22(2,3)17-11-7-15(8-12-17)20-19(24)21-16-9-13-18(14-10-16)23(4,5)6/h7-14H,1-6H3,(H-,20,21,24)/q+1/p+1. The highest BCUT2D eigenvalue weighted by Gasteiger charge is 2.13. The number of hydrogen-bond acceptors (Lipinski definition) is 1. The summed E-state index contributed by atoms with van der Waals surface area (Å²) in [5, 5.41) is 5.71. The molecule has 0 spiro atoms. The first-order chi connectivity index (χ1) is 11.1. The van der Waals surface area contributed by atoms with E-state index in [2.05, 4.69) is 52.9 Å². The second-order valence-electron chi connectivity index (χ2n) is 7.70. The van der Waals surface area contributed by atoms with Gasteiger partial charge in [-0.1, -0.05) is 0 Å². The lowest BCUT2D eigenvalue weighted by Gasteiger charge is -2.23. The highest BCUT2D eigenvalue weighted by atomic mass is 16.2. The van der Waals surface area contributed by atoms with Gasteiger partial charge in [0.25, 0.3) is 0 Å². The molecule has 0 atom stereocenters. The zero-order chi connectivity index (χ0) is 18.0. The maximum absolute atomic E-state index is 12.1. The fraction of sp³-hybridized carbons (Fsp3) is 0.316. The molecular weight excluding hydrogens is 300 g/mol. The number of amides is 2. The zero-order valence-corrected chi connectivity index (χ0v) is 15.4. The number of rotatable bonds is 4. The predicted molar refractivity (Wildman–Crippen MR) is 105 cm³/mol. The van der Waals surface area contributed by atoms with Crippen LogP contribution in [0.5, 0.6) is 0 Å². The summed E-state index contributed by atoms with van der Waals surface area (Å²) in [4.78, 5) is 12.1. The number of hydrogen-bond donors (Lipinski definition) is 2. The molecule has 0 radical (unpaired) electrons. The van der Waals surface area contributed by atoms with Crippen LogP contribution in [0.3, 0.4) is 0 Å². The summed E-state index contributed by atoms with van der Waals surface area (Å²) in [5.41, 5.74) is 3.90. The molecule has 0 saturated carbocycles. The van der Waals surface area contributed by atoms with Gasteiger partial charge < -0.3 is 10.6 Å². The number of anilines is 2. The zero-order valence-electron chi connectivity index (χ0n) is 15.4. The summed E-state index contributed by atoms with van der Waals surface area (Å²) in [6.07, 6.45) is 0. The normalized spacial score (nSPS) is 11.9. The topological polar surface area (TPSA) is 41.1 Å². The third-order valence-corrected chi connectivity index (χ3v) is 3.80. The van der Waals surface area contributed by atoms with E-state index < -0.39 is 0 Å². The van der Waals surface area contributed by atoms with Gasteiger partial charge in [0.2, 0.25) is 0 Å². The smallest absolute Gasteiger partial charge is 0.308 e. The average Bonchev–Trinajstić information content (AvgIpc) is 2.46. The number of carbonyl (C=O) groups is 1. The van der Waals surface area contributed by atoms with E-state index in [0.29, 0.717) is 0 Å². The van der Waals surface area contributed by atoms with Gasteiger partial charge in [0.05, 0.1) is 42.3 Å². The fourth-order valence-electron chi connectivity index (χ4n) is 2.28. The van der Waals surface area contributed by atoms with Crippen LogP contribution in [0.1, 0.15) is 0 Å². The molecule has 2 aromatic carbocycles. The first-order valence-corrected chi connectivity index (χ1v) is 7.98. The van der Waals surface area contributed by atoms with Crippen molar-refractivity contribution >= 4 is 28.8 Å². The number of quaternary nitrogens is 2. The van der Waals surface area contributed by atoms with Crippen molar-refractivity contribution in [1.29, 1.82) is 0 Å². The van der Waals surface area contributed by atoms with Gasteiger partial charge in [-0.15, -0.1) is 0 Å². The minimum Gasteiger partial charge on any atom is -0.308 e.